The maximum Gasteiger partial charge on any atom is 0.251 e. The summed E-state index contributed by atoms with van der Waals surface area (Å²) in [5.74, 6) is 1.66. The number of aromatic nitrogens is 2. The van der Waals surface area contributed by atoms with Gasteiger partial charge in [0.2, 0.25) is 0 Å². The van der Waals surface area contributed by atoms with Crippen molar-refractivity contribution in [2.45, 2.75) is 52.0 Å². The van der Waals surface area contributed by atoms with Crippen molar-refractivity contribution in [3.63, 3.8) is 0 Å². The molecule has 0 bridgehead atoms. The first-order chi connectivity index (χ1) is 16.5. The molecule has 0 radical (unpaired) electrons. The van der Waals surface area contributed by atoms with E-state index in [9.17, 15) is 4.79 Å². The molecule has 1 aromatic heterocycles. The van der Waals surface area contributed by atoms with Gasteiger partial charge in [-0.25, -0.2) is 4.98 Å². The number of unbranched alkanes of at least 4 members (excludes halogenated alkanes) is 2. The summed E-state index contributed by atoms with van der Waals surface area (Å²) < 4.78 is 3.33. The van der Waals surface area contributed by atoms with Crippen LogP contribution in [0.15, 0.2) is 77.3 Å². The van der Waals surface area contributed by atoms with E-state index < -0.39 is 0 Å². The Labute approximate surface area is 210 Å². The molecule has 1 N–H and O–H groups in total. The zero-order chi connectivity index (χ0) is 23.9. The van der Waals surface area contributed by atoms with Crippen LogP contribution in [0.5, 0.6) is 0 Å². The Morgan fingerprint density at radius 1 is 0.941 bits per heavy atom. The van der Waals surface area contributed by atoms with Gasteiger partial charge in [0.05, 0.1) is 11.0 Å². The number of imidazole rings is 1. The number of rotatable bonds is 10. The van der Waals surface area contributed by atoms with Crippen LogP contribution >= 0.6 is 15.9 Å². The van der Waals surface area contributed by atoms with Crippen LogP contribution < -0.4 is 5.32 Å². The van der Waals surface area contributed by atoms with Crippen LogP contribution in [0.3, 0.4) is 0 Å². The lowest BCUT2D eigenvalue weighted by Gasteiger charge is -2.11. The van der Waals surface area contributed by atoms with Crippen LogP contribution in [0.25, 0.3) is 11.0 Å². The molecule has 4 nitrogen and oxygen atoms in total. The van der Waals surface area contributed by atoms with Crippen LogP contribution in [0.4, 0.5) is 0 Å². The lowest BCUT2D eigenvalue weighted by molar-refractivity contribution is 0.0953. The fourth-order valence-electron chi connectivity index (χ4n) is 4.17. The van der Waals surface area contributed by atoms with E-state index in [2.05, 4.69) is 88.2 Å². The van der Waals surface area contributed by atoms with E-state index in [1.807, 2.05) is 24.3 Å². The summed E-state index contributed by atoms with van der Waals surface area (Å²) in [5.41, 5.74) is 5.60. The molecule has 1 amide bonds. The van der Waals surface area contributed by atoms with Crippen molar-refractivity contribution >= 4 is 32.9 Å². The minimum atomic E-state index is -0.0159. The van der Waals surface area contributed by atoms with Crippen LogP contribution in [-0.2, 0) is 13.0 Å². The van der Waals surface area contributed by atoms with E-state index in [1.165, 1.54) is 16.6 Å². The van der Waals surface area contributed by atoms with E-state index in [0.717, 1.165) is 48.0 Å². The summed E-state index contributed by atoms with van der Waals surface area (Å²) in [4.78, 5) is 17.2. The van der Waals surface area contributed by atoms with E-state index in [4.69, 9.17) is 4.98 Å². The third-order valence-electron chi connectivity index (χ3n) is 6.19. The van der Waals surface area contributed by atoms with Gasteiger partial charge in [-0.3, -0.25) is 4.79 Å². The molecule has 1 heterocycles. The van der Waals surface area contributed by atoms with Gasteiger partial charge < -0.3 is 9.88 Å². The van der Waals surface area contributed by atoms with Gasteiger partial charge in [-0.2, -0.15) is 0 Å². The third kappa shape index (κ3) is 6.15. The number of nitrogens with zero attached hydrogens (tertiary/aromatic N) is 2. The number of fused-ring (bicyclic) bond motifs is 1. The Bertz CT molecular complexity index is 1230. The summed E-state index contributed by atoms with van der Waals surface area (Å²) >= 11 is 3.40. The number of amides is 1. The van der Waals surface area contributed by atoms with Crippen LogP contribution in [0, 0.1) is 0 Å². The van der Waals surface area contributed by atoms with Crippen molar-refractivity contribution in [2.24, 2.45) is 0 Å². The molecule has 0 fully saturated rings. The largest absolute Gasteiger partial charge is 0.352 e. The normalized spacial score (nSPS) is 11.3. The molecule has 0 atom stereocenters. The molecular formula is C29H32BrN3O. The maximum absolute atomic E-state index is 12.2. The number of aryl methyl sites for hydroxylation is 1. The molecule has 0 aliphatic rings. The van der Waals surface area contributed by atoms with Crippen molar-refractivity contribution in [3.05, 3.63) is 99.8 Å². The fourth-order valence-corrected chi connectivity index (χ4v) is 4.44. The predicted octanol–water partition coefficient (Wildman–Crippen LogP) is 7.11. The molecule has 0 spiro atoms. The average molecular weight is 518 g/mol. The Morgan fingerprint density at radius 2 is 1.68 bits per heavy atom. The Hall–Kier alpha value is -2.92. The second-order valence-electron chi connectivity index (χ2n) is 9.07. The smallest absolute Gasteiger partial charge is 0.251 e. The number of para-hydroxylation sites is 2. The Morgan fingerprint density at radius 3 is 2.41 bits per heavy atom. The van der Waals surface area contributed by atoms with E-state index in [1.54, 1.807) is 0 Å². The second-order valence-corrected chi connectivity index (χ2v) is 9.99. The first kappa shape index (κ1) is 24.2. The summed E-state index contributed by atoms with van der Waals surface area (Å²) in [6.07, 6.45) is 3.98. The highest BCUT2D eigenvalue weighted by molar-refractivity contribution is 9.10. The molecule has 0 saturated heterocycles. The second kappa shape index (κ2) is 11.5. The maximum atomic E-state index is 12.2. The highest BCUT2D eigenvalue weighted by Crippen LogP contribution is 2.21. The number of carbonyl (C=O) groups excluding carboxylic acids is 1. The topological polar surface area (TPSA) is 46.9 Å². The Kier molecular flexibility index (Phi) is 8.17. The average Bonchev–Trinajstić information content (AvgIpc) is 3.19. The molecule has 4 aromatic rings. The molecule has 0 unspecified atom stereocenters. The van der Waals surface area contributed by atoms with Gasteiger partial charge >= 0.3 is 0 Å². The molecule has 0 aliphatic carbocycles. The van der Waals surface area contributed by atoms with Gasteiger partial charge in [-0.15, -0.1) is 0 Å². The molecule has 176 valence electrons. The first-order valence-electron chi connectivity index (χ1n) is 12.1. The predicted molar refractivity (Wildman–Crippen MR) is 143 cm³/mol. The van der Waals surface area contributed by atoms with Crippen molar-refractivity contribution in [3.8, 4) is 0 Å². The van der Waals surface area contributed by atoms with Crippen LogP contribution in [0.2, 0.25) is 0 Å². The van der Waals surface area contributed by atoms with Gasteiger partial charge in [-0.1, -0.05) is 72.6 Å². The number of hydrogen-bond donors (Lipinski definition) is 1. The standard InChI is InChI=1S/C29H32BrN3O/c1-21(2)23-13-11-22(12-14-23)20-33-27-9-6-5-8-26(27)32-28(33)10-4-3-7-19-31-29(34)24-15-17-25(30)18-16-24/h5-6,8-9,11-18,21H,3-4,7,10,19-20H2,1-2H3,(H,31,34). The minimum absolute atomic E-state index is 0.0159. The highest BCUT2D eigenvalue weighted by Gasteiger charge is 2.11. The van der Waals surface area contributed by atoms with Gasteiger partial charge in [0.25, 0.3) is 5.91 Å². The summed E-state index contributed by atoms with van der Waals surface area (Å²) in [6.45, 7) is 5.97. The summed E-state index contributed by atoms with van der Waals surface area (Å²) in [6, 6.07) is 24.8. The molecule has 4 rings (SSSR count). The van der Waals surface area contributed by atoms with Crippen LogP contribution in [-0.4, -0.2) is 22.0 Å². The number of carbonyl (C=O) groups is 1. The number of nitrogens with one attached hydrogen (secondary N) is 1. The lowest BCUT2D eigenvalue weighted by Crippen LogP contribution is -2.24. The summed E-state index contributed by atoms with van der Waals surface area (Å²) in [7, 11) is 0. The van der Waals surface area contributed by atoms with Gasteiger partial charge in [0.15, 0.2) is 0 Å². The van der Waals surface area contributed by atoms with Gasteiger partial charge in [-0.05, 0) is 66.3 Å². The quantitative estimate of drug-likeness (QED) is 0.227. The highest BCUT2D eigenvalue weighted by atomic mass is 79.9. The number of benzene rings is 3. The molecule has 0 saturated carbocycles. The SMILES string of the molecule is CC(C)c1ccc(Cn2c(CCCCCNC(=O)c3ccc(Br)cc3)nc3ccccc32)cc1. The lowest BCUT2D eigenvalue weighted by atomic mass is 10.0. The monoisotopic (exact) mass is 517 g/mol. The van der Waals surface area contributed by atoms with Crippen LogP contribution in [0.1, 0.15) is 66.3 Å². The molecule has 3 aromatic carbocycles. The van der Waals surface area contributed by atoms with E-state index in [0.29, 0.717) is 18.0 Å². The molecule has 5 heteroatoms. The fraction of sp³-hybridized carbons (Fsp3) is 0.310. The summed E-state index contributed by atoms with van der Waals surface area (Å²) in [5, 5.41) is 3.02. The van der Waals surface area contributed by atoms with Crippen molar-refractivity contribution in [1.29, 1.82) is 0 Å². The Balaban J connectivity index is 1.33. The van der Waals surface area contributed by atoms with Crippen molar-refractivity contribution < 1.29 is 4.79 Å². The first-order valence-corrected chi connectivity index (χ1v) is 12.9. The third-order valence-corrected chi connectivity index (χ3v) is 6.72. The van der Waals surface area contributed by atoms with E-state index in [-0.39, 0.29) is 5.91 Å². The molecule has 34 heavy (non-hydrogen) atoms. The molecule has 0 aliphatic heterocycles. The number of hydrogen-bond acceptors (Lipinski definition) is 2. The molecular weight excluding hydrogens is 486 g/mol. The zero-order valence-electron chi connectivity index (χ0n) is 19.9. The zero-order valence-corrected chi connectivity index (χ0v) is 21.5. The van der Waals surface area contributed by atoms with Gasteiger partial charge in [0.1, 0.15) is 5.82 Å². The van der Waals surface area contributed by atoms with Gasteiger partial charge in [0, 0.05) is 29.5 Å². The number of halogens is 1. The van der Waals surface area contributed by atoms with Crippen molar-refractivity contribution in [2.75, 3.05) is 6.54 Å². The minimum Gasteiger partial charge on any atom is -0.352 e. The van der Waals surface area contributed by atoms with Crippen molar-refractivity contribution in [1.82, 2.24) is 14.9 Å². The van der Waals surface area contributed by atoms with E-state index >= 15 is 0 Å².